The molecule has 98 valence electrons. The molecule has 0 bridgehead atoms. The average molecular weight is 266 g/mol. The number of hydrogen-bond acceptors (Lipinski definition) is 0. The minimum Gasteiger partial charge on any atom is -0.0616 e. The predicted molar refractivity (Wildman–Crippen MR) is 92.6 cm³/mol. The zero-order valence-corrected chi connectivity index (χ0v) is 11.9. The molecule has 21 heavy (non-hydrogen) atoms. The fourth-order valence-corrected chi connectivity index (χ4v) is 3.84. The highest BCUT2D eigenvalue weighted by Gasteiger charge is 2.16. The van der Waals surface area contributed by atoms with Crippen molar-refractivity contribution in [3.8, 4) is 0 Å². The standard InChI is InChI=1S/C21H14/c1-13-16-8-4-6-15-10-12-19(21(15)16)18-11-9-14-5-2-3-7-17(14)20(13)18/h2-12H,1H3. The zero-order valence-electron chi connectivity index (χ0n) is 11.9. The molecule has 0 aliphatic heterocycles. The topological polar surface area (TPSA) is 0 Å². The summed E-state index contributed by atoms with van der Waals surface area (Å²) >= 11 is 0. The van der Waals surface area contributed by atoms with Crippen LogP contribution in [-0.2, 0) is 0 Å². The number of rotatable bonds is 0. The smallest absolute Gasteiger partial charge is 0.00297 e. The van der Waals surface area contributed by atoms with Crippen molar-refractivity contribution in [1.82, 2.24) is 0 Å². The van der Waals surface area contributed by atoms with Gasteiger partial charge in [0.15, 0.2) is 0 Å². The fraction of sp³-hybridized carbons (Fsp3) is 0.0476. The van der Waals surface area contributed by atoms with Crippen LogP contribution in [-0.4, -0.2) is 0 Å². The molecule has 0 fully saturated rings. The van der Waals surface area contributed by atoms with Crippen molar-refractivity contribution in [3.05, 3.63) is 71.3 Å². The predicted octanol–water partition coefficient (Wildman–Crippen LogP) is 5.94. The van der Waals surface area contributed by atoms with Crippen LogP contribution < -0.4 is 0 Å². The maximum absolute atomic E-state index is 2.28. The van der Waals surface area contributed by atoms with E-state index in [1.165, 1.54) is 49.0 Å². The van der Waals surface area contributed by atoms with Crippen LogP contribution in [0.25, 0.3) is 44.5 Å². The Labute approximate surface area is 123 Å². The van der Waals surface area contributed by atoms with Crippen LogP contribution in [0.5, 0.6) is 0 Å². The molecule has 0 atom stereocenters. The molecule has 4 aromatic carbocycles. The molecule has 4 aromatic rings. The largest absolute Gasteiger partial charge is 0.0616 e. The van der Waals surface area contributed by atoms with Crippen molar-refractivity contribution >= 4 is 44.5 Å². The van der Waals surface area contributed by atoms with Crippen molar-refractivity contribution in [2.75, 3.05) is 0 Å². The molecule has 5 rings (SSSR count). The zero-order chi connectivity index (χ0) is 14.0. The third-order valence-corrected chi connectivity index (χ3v) is 4.79. The van der Waals surface area contributed by atoms with Gasteiger partial charge in [0, 0.05) is 0 Å². The van der Waals surface area contributed by atoms with Crippen LogP contribution in [0.1, 0.15) is 16.7 Å². The van der Waals surface area contributed by atoms with Gasteiger partial charge in [0.2, 0.25) is 0 Å². The minimum atomic E-state index is 1.32. The Bertz CT molecular complexity index is 1080. The number of hydrogen-bond donors (Lipinski definition) is 0. The van der Waals surface area contributed by atoms with E-state index in [0.717, 1.165) is 0 Å². The quantitative estimate of drug-likeness (QED) is 0.240. The van der Waals surface area contributed by atoms with E-state index in [1.54, 1.807) is 0 Å². The Morgan fingerprint density at radius 3 is 2.43 bits per heavy atom. The van der Waals surface area contributed by atoms with Gasteiger partial charge in [-0.25, -0.2) is 0 Å². The summed E-state index contributed by atoms with van der Waals surface area (Å²) in [7, 11) is 0. The lowest BCUT2D eigenvalue weighted by molar-refractivity contribution is 1.59. The number of fused-ring (bicyclic) bond motifs is 4. The van der Waals surface area contributed by atoms with Crippen LogP contribution in [0.15, 0.2) is 54.6 Å². The summed E-state index contributed by atoms with van der Waals surface area (Å²) < 4.78 is 0. The second-order valence-electron chi connectivity index (χ2n) is 5.85. The second kappa shape index (κ2) is 3.73. The molecule has 0 N–H and O–H groups in total. The van der Waals surface area contributed by atoms with E-state index in [0.29, 0.717) is 0 Å². The van der Waals surface area contributed by atoms with Crippen molar-refractivity contribution in [2.45, 2.75) is 6.92 Å². The number of benzene rings is 4. The molecule has 0 heteroatoms. The molecule has 0 saturated heterocycles. The van der Waals surface area contributed by atoms with Gasteiger partial charge < -0.3 is 0 Å². The molecule has 0 spiro atoms. The van der Waals surface area contributed by atoms with Crippen LogP contribution >= 0.6 is 0 Å². The molecule has 0 nitrogen and oxygen atoms in total. The summed E-state index contributed by atoms with van der Waals surface area (Å²) in [5.74, 6) is 0. The summed E-state index contributed by atoms with van der Waals surface area (Å²) in [4.78, 5) is 0. The Kier molecular flexibility index (Phi) is 1.97. The first kappa shape index (κ1) is 11.1. The van der Waals surface area contributed by atoms with Crippen molar-refractivity contribution in [2.24, 2.45) is 0 Å². The van der Waals surface area contributed by atoms with E-state index >= 15 is 0 Å². The van der Waals surface area contributed by atoms with E-state index in [4.69, 9.17) is 0 Å². The van der Waals surface area contributed by atoms with Crippen molar-refractivity contribution < 1.29 is 0 Å². The van der Waals surface area contributed by atoms with Crippen molar-refractivity contribution in [3.63, 3.8) is 0 Å². The monoisotopic (exact) mass is 266 g/mol. The summed E-state index contributed by atoms with van der Waals surface area (Å²) in [6.45, 7) is 2.26. The Morgan fingerprint density at radius 1 is 0.619 bits per heavy atom. The first-order chi connectivity index (χ1) is 10.3. The lowest BCUT2D eigenvalue weighted by Gasteiger charge is -2.13. The van der Waals surface area contributed by atoms with Crippen LogP contribution in [0.4, 0.5) is 0 Å². The maximum atomic E-state index is 2.28. The number of aryl methyl sites for hydroxylation is 1. The van der Waals surface area contributed by atoms with Gasteiger partial charge in [-0.1, -0.05) is 66.7 Å². The minimum absolute atomic E-state index is 1.32. The maximum Gasteiger partial charge on any atom is -0.00297 e. The van der Waals surface area contributed by atoms with Crippen molar-refractivity contribution in [1.29, 1.82) is 0 Å². The molecule has 0 aromatic heterocycles. The lowest BCUT2D eigenvalue weighted by atomic mass is 9.90. The highest BCUT2D eigenvalue weighted by atomic mass is 14.2. The lowest BCUT2D eigenvalue weighted by Crippen LogP contribution is -1.89. The normalized spacial score (nSPS) is 12.8. The van der Waals surface area contributed by atoms with E-state index in [-0.39, 0.29) is 0 Å². The second-order valence-corrected chi connectivity index (χ2v) is 5.85. The van der Waals surface area contributed by atoms with E-state index in [1.807, 2.05) is 0 Å². The van der Waals surface area contributed by atoms with Crippen LogP contribution in [0.2, 0.25) is 0 Å². The van der Waals surface area contributed by atoms with Gasteiger partial charge in [0.05, 0.1) is 0 Å². The Hall–Kier alpha value is -2.60. The van der Waals surface area contributed by atoms with Gasteiger partial charge in [-0.15, -0.1) is 0 Å². The molecular formula is C21H14. The molecular weight excluding hydrogens is 252 g/mol. The van der Waals surface area contributed by atoms with Gasteiger partial charge in [-0.3, -0.25) is 0 Å². The molecule has 0 heterocycles. The van der Waals surface area contributed by atoms with Gasteiger partial charge >= 0.3 is 0 Å². The molecule has 0 unspecified atom stereocenters. The summed E-state index contributed by atoms with van der Waals surface area (Å²) in [6.07, 6.45) is 4.51. The van der Waals surface area contributed by atoms with Crippen LogP contribution in [0, 0.1) is 6.92 Å². The highest BCUT2D eigenvalue weighted by Crippen LogP contribution is 2.41. The third kappa shape index (κ3) is 1.30. The Morgan fingerprint density at radius 2 is 1.48 bits per heavy atom. The molecule has 0 saturated carbocycles. The van der Waals surface area contributed by atoms with E-state index in [2.05, 4.69) is 73.7 Å². The van der Waals surface area contributed by atoms with Gasteiger partial charge in [-0.05, 0) is 55.9 Å². The SMILES string of the molecule is Cc1c2cccc3c2c(c2ccc4ccccc4c12)C=C3. The fourth-order valence-electron chi connectivity index (χ4n) is 3.84. The Balaban J connectivity index is 2.18. The van der Waals surface area contributed by atoms with E-state index < -0.39 is 0 Å². The van der Waals surface area contributed by atoms with E-state index in [9.17, 15) is 0 Å². The summed E-state index contributed by atoms with van der Waals surface area (Å²) in [5.41, 5.74) is 4.12. The highest BCUT2D eigenvalue weighted by molar-refractivity contribution is 6.22. The van der Waals surface area contributed by atoms with Gasteiger partial charge in [0.25, 0.3) is 0 Å². The average Bonchev–Trinajstić information content (AvgIpc) is 2.97. The molecule has 1 aliphatic carbocycles. The third-order valence-electron chi connectivity index (χ3n) is 4.79. The molecule has 0 amide bonds. The first-order valence-corrected chi connectivity index (χ1v) is 7.39. The van der Waals surface area contributed by atoms with Gasteiger partial charge in [0.1, 0.15) is 0 Å². The molecule has 0 radical (unpaired) electrons. The summed E-state index contributed by atoms with van der Waals surface area (Å²) in [6, 6.07) is 19.9. The summed E-state index contributed by atoms with van der Waals surface area (Å²) in [5, 5.41) is 8.25. The van der Waals surface area contributed by atoms with Gasteiger partial charge in [-0.2, -0.15) is 0 Å². The van der Waals surface area contributed by atoms with Crippen LogP contribution in [0.3, 0.4) is 0 Å². The molecule has 1 aliphatic rings. The first-order valence-electron chi connectivity index (χ1n) is 7.39.